The number of sulfone groups is 1. The number of nitrogens with one attached hydrogen (secondary N) is 1. The molecule has 0 bridgehead atoms. The third-order valence-electron chi connectivity index (χ3n) is 3.99. The molecule has 1 N–H and O–H groups in total. The van der Waals surface area contributed by atoms with Crippen molar-refractivity contribution in [1.82, 2.24) is 5.32 Å². The summed E-state index contributed by atoms with van der Waals surface area (Å²) >= 11 is 1.24. The smallest absolute Gasteiger partial charge is 0.227 e. The minimum absolute atomic E-state index is 0.000399. The van der Waals surface area contributed by atoms with E-state index in [-0.39, 0.29) is 15.0 Å². The number of nitrogens with zero attached hydrogens (tertiary/aromatic N) is 1. The quantitative estimate of drug-likeness (QED) is 0.886. The maximum Gasteiger partial charge on any atom is 0.227 e. The van der Waals surface area contributed by atoms with E-state index in [9.17, 15) is 13.2 Å². The first kappa shape index (κ1) is 17.1. The second kappa shape index (κ2) is 7.04. The van der Waals surface area contributed by atoms with Crippen LogP contribution in [-0.2, 0) is 21.2 Å². The Morgan fingerprint density at radius 3 is 2.62 bits per heavy atom. The zero-order valence-electron chi connectivity index (χ0n) is 13.5. The van der Waals surface area contributed by atoms with E-state index in [1.54, 1.807) is 35.2 Å². The molecular weight excluding hydrogens is 344 g/mol. The zero-order valence-corrected chi connectivity index (χ0v) is 15.1. The maximum absolute atomic E-state index is 13.1. The summed E-state index contributed by atoms with van der Waals surface area (Å²) in [6.45, 7) is 1.15. The molecule has 1 aliphatic rings. The molecule has 0 radical (unpaired) electrons. The molecule has 7 heteroatoms. The van der Waals surface area contributed by atoms with Crippen LogP contribution in [0.2, 0.25) is 0 Å². The molecular formula is C17H20N2O3S2. The molecule has 1 aromatic heterocycles. The second-order valence-corrected chi connectivity index (χ2v) is 9.02. The minimum atomic E-state index is -3.64. The molecule has 1 saturated heterocycles. The van der Waals surface area contributed by atoms with Crippen molar-refractivity contribution in [3.8, 4) is 0 Å². The third kappa shape index (κ3) is 3.24. The Kier molecular flexibility index (Phi) is 5.03. The van der Waals surface area contributed by atoms with Crippen molar-refractivity contribution in [2.24, 2.45) is 0 Å². The number of hydrogen-bond acceptors (Lipinski definition) is 5. The summed E-state index contributed by atoms with van der Waals surface area (Å²) in [5, 5.41) is 3.04. The normalized spacial score (nSPS) is 15.7. The van der Waals surface area contributed by atoms with Crippen molar-refractivity contribution in [2.75, 3.05) is 18.5 Å². The first-order valence-corrected chi connectivity index (χ1v) is 10.2. The van der Waals surface area contributed by atoms with Gasteiger partial charge in [0.2, 0.25) is 15.7 Å². The highest BCUT2D eigenvalue weighted by Crippen LogP contribution is 2.39. The Hall–Kier alpha value is -1.70. The van der Waals surface area contributed by atoms with Crippen LogP contribution in [0.1, 0.15) is 24.1 Å². The van der Waals surface area contributed by atoms with Crippen molar-refractivity contribution in [2.45, 2.75) is 34.9 Å². The van der Waals surface area contributed by atoms with Gasteiger partial charge in [-0.25, -0.2) is 8.42 Å². The van der Waals surface area contributed by atoms with Gasteiger partial charge < -0.3 is 10.2 Å². The number of benzene rings is 1. The van der Waals surface area contributed by atoms with E-state index < -0.39 is 9.84 Å². The Bertz CT molecular complexity index is 829. The van der Waals surface area contributed by atoms with Gasteiger partial charge in [0.05, 0.1) is 10.6 Å². The van der Waals surface area contributed by atoms with E-state index in [1.807, 2.05) is 13.1 Å². The van der Waals surface area contributed by atoms with Crippen molar-refractivity contribution in [3.05, 3.63) is 41.3 Å². The Labute approximate surface area is 146 Å². The Morgan fingerprint density at radius 1 is 1.21 bits per heavy atom. The van der Waals surface area contributed by atoms with Crippen LogP contribution in [-0.4, -0.2) is 27.9 Å². The van der Waals surface area contributed by atoms with Crippen LogP contribution in [0.4, 0.5) is 5.69 Å². The highest BCUT2D eigenvalue weighted by atomic mass is 32.2. The summed E-state index contributed by atoms with van der Waals surface area (Å²) in [7, 11) is -1.83. The number of amides is 1. The van der Waals surface area contributed by atoms with Crippen LogP contribution in [0, 0.1) is 0 Å². The van der Waals surface area contributed by atoms with Gasteiger partial charge >= 0.3 is 0 Å². The van der Waals surface area contributed by atoms with Gasteiger partial charge in [-0.05, 0) is 38.1 Å². The van der Waals surface area contributed by atoms with Crippen LogP contribution in [0.5, 0.6) is 0 Å². The second-order valence-electron chi connectivity index (χ2n) is 5.73. The zero-order chi connectivity index (χ0) is 17.2. The lowest BCUT2D eigenvalue weighted by atomic mass is 10.1. The number of hydrogen-bond donors (Lipinski definition) is 1. The average molecular weight is 364 g/mol. The molecule has 0 saturated carbocycles. The summed E-state index contributed by atoms with van der Waals surface area (Å²) in [5.41, 5.74) is 0.527. The summed E-state index contributed by atoms with van der Waals surface area (Å²) in [6, 6.07) is 10.2. The van der Waals surface area contributed by atoms with Crippen LogP contribution < -0.4 is 10.2 Å². The van der Waals surface area contributed by atoms with Crippen LogP contribution in [0.3, 0.4) is 0 Å². The average Bonchev–Trinajstić information content (AvgIpc) is 3.01. The molecule has 2 aromatic rings. The van der Waals surface area contributed by atoms with E-state index in [0.29, 0.717) is 25.2 Å². The molecule has 1 amide bonds. The summed E-state index contributed by atoms with van der Waals surface area (Å²) < 4.78 is 26.4. The molecule has 2 heterocycles. The largest absolute Gasteiger partial charge is 0.315 e. The molecule has 128 valence electrons. The first-order chi connectivity index (χ1) is 11.5. The van der Waals surface area contributed by atoms with Gasteiger partial charge in [-0.2, -0.15) is 0 Å². The van der Waals surface area contributed by atoms with Gasteiger partial charge in [0.15, 0.2) is 0 Å². The standard InChI is InChI=1S/C17H20N2O3S2/c1-18-12-13-11-15(19-10-6-5-9-16(19)20)17(23-13)24(21,22)14-7-3-2-4-8-14/h2-4,7-8,11,18H,5-6,9-10,12H2,1H3. The lowest BCUT2D eigenvalue weighted by Crippen LogP contribution is -2.35. The van der Waals surface area contributed by atoms with Crippen molar-refractivity contribution in [3.63, 3.8) is 0 Å². The monoisotopic (exact) mass is 364 g/mol. The lowest BCUT2D eigenvalue weighted by molar-refractivity contribution is -0.119. The van der Waals surface area contributed by atoms with E-state index >= 15 is 0 Å². The minimum Gasteiger partial charge on any atom is -0.315 e. The highest BCUT2D eigenvalue weighted by molar-refractivity contribution is 7.93. The molecule has 1 fully saturated rings. The fourth-order valence-corrected chi connectivity index (χ4v) is 5.94. The number of carbonyl (C=O) groups is 1. The van der Waals surface area contributed by atoms with E-state index in [1.165, 1.54) is 11.3 Å². The Morgan fingerprint density at radius 2 is 1.96 bits per heavy atom. The van der Waals surface area contributed by atoms with Gasteiger partial charge in [0.1, 0.15) is 4.21 Å². The fraction of sp³-hybridized carbons (Fsp3) is 0.353. The predicted octanol–water partition coefficient (Wildman–Crippen LogP) is 2.82. The molecule has 1 aromatic carbocycles. The highest BCUT2D eigenvalue weighted by Gasteiger charge is 2.30. The summed E-state index contributed by atoms with van der Waals surface area (Å²) in [4.78, 5) is 15.1. The van der Waals surface area contributed by atoms with Gasteiger partial charge in [-0.15, -0.1) is 11.3 Å². The van der Waals surface area contributed by atoms with Crippen molar-refractivity contribution >= 4 is 32.8 Å². The molecule has 0 aliphatic carbocycles. The number of rotatable bonds is 5. The van der Waals surface area contributed by atoms with E-state index in [4.69, 9.17) is 0 Å². The van der Waals surface area contributed by atoms with E-state index in [2.05, 4.69) is 5.32 Å². The van der Waals surface area contributed by atoms with Gasteiger partial charge in [0, 0.05) is 24.4 Å². The first-order valence-electron chi connectivity index (χ1n) is 7.92. The molecule has 3 rings (SSSR count). The molecule has 24 heavy (non-hydrogen) atoms. The molecule has 0 unspecified atom stereocenters. The SMILES string of the molecule is CNCc1cc(N2CCCCC2=O)c(S(=O)(=O)c2ccccc2)s1. The number of carbonyl (C=O) groups excluding carboxylic acids is 1. The number of thiophene rings is 1. The molecule has 5 nitrogen and oxygen atoms in total. The van der Waals surface area contributed by atoms with Crippen molar-refractivity contribution < 1.29 is 13.2 Å². The molecule has 1 aliphatic heterocycles. The predicted molar refractivity (Wildman–Crippen MR) is 95.2 cm³/mol. The van der Waals surface area contributed by atoms with Crippen molar-refractivity contribution in [1.29, 1.82) is 0 Å². The topological polar surface area (TPSA) is 66.5 Å². The van der Waals surface area contributed by atoms with Gasteiger partial charge in [-0.1, -0.05) is 18.2 Å². The summed E-state index contributed by atoms with van der Waals surface area (Å²) in [6.07, 6.45) is 2.24. The number of piperidine rings is 1. The van der Waals surface area contributed by atoms with Gasteiger partial charge in [-0.3, -0.25) is 4.79 Å². The fourth-order valence-electron chi connectivity index (χ4n) is 2.82. The summed E-state index contributed by atoms with van der Waals surface area (Å²) in [5.74, 6) is -0.000399. The molecule has 0 atom stereocenters. The van der Waals surface area contributed by atoms with Crippen LogP contribution >= 0.6 is 11.3 Å². The lowest BCUT2D eigenvalue weighted by Gasteiger charge is -2.26. The van der Waals surface area contributed by atoms with Gasteiger partial charge in [0.25, 0.3) is 0 Å². The molecule has 0 spiro atoms. The third-order valence-corrected chi connectivity index (χ3v) is 7.41. The maximum atomic E-state index is 13.1. The van der Waals surface area contributed by atoms with Crippen LogP contribution in [0.15, 0.2) is 45.5 Å². The number of anilines is 1. The Balaban J connectivity index is 2.11. The van der Waals surface area contributed by atoms with E-state index in [0.717, 1.165) is 17.7 Å². The van der Waals surface area contributed by atoms with Crippen LogP contribution in [0.25, 0.3) is 0 Å².